The van der Waals surface area contributed by atoms with Gasteiger partial charge in [0.1, 0.15) is 0 Å². The number of nitrogens with zero attached hydrogens (tertiary/aromatic N) is 3. The van der Waals surface area contributed by atoms with Crippen LogP contribution >= 0.6 is 0 Å². The summed E-state index contributed by atoms with van der Waals surface area (Å²) >= 11 is 0. The minimum atomic E-state index is -0.0738. The third-order valence-corrected chi connectivity index (χ3v) is 1.96. The predicted octanol–water partition coefficient (Wildman–Crippen LogP) is -0.413. The molecule has 0 saturated carbocycles. The largest absolute Gasteiger partial charge is 0.369 e. The predicted molar refractivity (Wildman–Crippen MR) is 58.0 cm³/mol. The number of rotatable bonds is 3. The van der Waals surface area contributed by atoms with E-state index >= 15 is 0 Å². The quantitative estimate of drug-likeness (QED) is 0.497. The Hall–Kier alpha value is -1.10. The van der Waals surface area contributed by atoms with Crippen molar-refractivity contribution in [3.05, 3.63) is 0 Å². The molecule has 5 nitrogen and oxygen atoms in total. The van der Waals surface area contributed by atoms with Gasteiger partial charge in [0.05, 0.1) is 0 Å². The third-order valence-electron chi connectivity index (χ3n) is 1.96. The van der Waals surface area contributed by atoms with Crippen molar-refractivity contribution < 1.29 is 4.79 Å². The minimum absolute atomic E-state index is 0.0122. The van der Waals surface area contributed by atoms with E-state index in [0.29, 0.717) is 6.54 Å². The van der Waals surface area contributed by atoms with E-state index in [4.69, 9.17) is 5.73 Å². The van der Waals surface area contributed by atoms with E-state index in [0.717, 1.165) is 0 Å². The van der Waals surface area contributed by atoms with Crippen LogP contribution in [-0.4, -0.2) is 56.4 Å². The number of hydrogen-bond donors (Lipinski definition) is 1. The van der Waals surface area contributed by atoms with Gasteiger partial charge in [-0.05, 0) is 14.1 Å². The summed E-state index contributed by atoms with van der Waals surface area (Å²) in [6.45, 7) is 2.59. The van der Waals surface area contributed by atoms with Crippen LogP contribution in [-0.2, 0) is 4.79 Å². The van der Waals surface area contributed by atoms with Gasteiger partial charge in [0, 0.05) is 26.6 Å². The van der Waals surface area contributed by atoms with Gasteiger partial charge in [-0.3, -0.25) is 14.7 Å². The standard InChI is InChI=1S/C9H20N4O/c1-7(6-12(3)4)8(14)13(5)9(10)11-2/h7H,6H2,1-5H3,(H2,10,11). The van der Waals surface area contributed by atoms with E-state index in [9.17, 15) is 4.79 Å². The van der Waals surface area contributed by atoms with Crippen molar-refractivity contribution in [1.82, 2.24) is 9.80 Å². The van der Waals surface area contributed by atoms with E-state index in [1.54, 1.807) is 14.1 Å². The Labute approximate surface area is 85.6 Å². The Bertz CT molecular complexity index is 225. The molecule has 1 amide bonds. The van der Waals surface area contributed by atoms with E-state index in [-0.39, 0.29) is 17.8 Å². The summed E-state index contributed by atoms with van der Waals surface area (Å²) in [6.07, 6.45) is 0. The number of carbonyl (C=O) groups is 1. The van der Waals surface area contributed by atoms with Crippen LogP contribution in [0.3, 0.4) is 0 Å². The first kappa shape index (κ1) is 12.9. The Kier molecular flexibility index (Phi) is 5.15. The molecular formula is C9H20N4O. The summed E-state index contributed by atoms with van der Waals surface area (Å²) in [4.78, 5) is 18.8. The van der Waals surface area contributed by atoms with Crippen LogP contribution in [0.1, 0.15) is 6.92 Å². The molecule has 82 valence electrons. The molecule has 1 unspecified atom stereocenters. The van der Waals surface area contributed by atoms with Gasteiger partial charge >= 0.3 is 0 Å². The van der Waals surface area contributed by atoms with Gasteiger partial charge in [0.2, 0.25) is 5.91 Å². The van der Waals surface area contributed by atoms with Crippen molar-refractivity contribution in [2.45, 2.75) is 6.92 Å². The second-order valence-electron chi connectivity index (χ2n) is 3.64. The maximum atomic E-state index is 11.7. The molecule has 0 radical (unpaired) electrons. The highest BCUT2D eigenvalue weighted by atomic mass is 16.2. The second kappa shape index (κ2) is 5.59. The molecular weight excluding hydrogens is 180 g/mol. The Morgan fingerprint density at radius 3 is 2.29 bits per heavy atom. The summed E-state index contributed by atoms with van der Waals surface area (Å²) in [6, 6.07) is 0. The van der Waals surface area contributed by atoms with Gasteiger partial charge in [-0.2, -0.15) is 0 Å². The van der Waals surface area contributed by atoms with Gasteiger partial charge in [0.25, 0.3) is 0 Å². The maximum absolute atomic E-state index is 11.7. The van der Waals surface area contributed by atoms with Crippen molar-refractivity contribution in [3.8, 4) is 0 Å². The molecule has 0 aliphatic rings. The zero-order valence-electron chi connectivity index (χ0n) is 9.61. The molecule has 0 fully saturated rings. The molecule has 14 heavy (non-hydrogen) atoms. The molecule has 0 spiro atoms. The van der Waals surface area contributed by atoms with Crippen molar-refractivity contribution in [2.75, 3.05) is 34.7 Å². The molecule has 0 aromatic heterocycles. The molecule has 5 heteroatoms. The first-order chi connectivity index (χ1) is 6.40. The monoisotopic (exact) mass is 200 g/mol. The van der Waals surface area contributed by atoms with E-state index in [1.807, 2.05) is 25.9 Å². The number of guanidine groups is 1. The summed E-state index contributed by atoms with van der Waals surface area (Å²) < 4.78 is 0. The zero-order valence-corrected chi connectivity index (χ0v) is 9.61. The fourth-order valence-corrected chi connectivity index (χ4v) is 1.22. The average molecular weight is 200 g/mol. The SMILES string of the molecule is CN=C(N)N(C)C(=O)C(C)CN(C)C. The number of nitrogens with two attached hydrogens (primary N) is 1. The van der Waals surface area contributed by atoms with Crippen LogP contribution in [0.5, 0.6) is 0 Å². The molecule has 0 aromatic carbocycles. The molecule has 2 N–H and O–H groups in total. The first-order valence-corrected chi connectivity index (χ1v) is 4.54. The molecule has 0 aliphatic heterocycles. The highest BCUT2D eigenvalue weighted by Crippen LogP contribution is 2.01. The van der Waals surface area contributed by atoms with E-state index in [1.165, 1.54) is 4.90 Å². The Morgan fingerprint density at radius 1 is 1.43 bits per heavy atom. The van der Waals surface area contributed by atoms with Gasteiger partial charge in [-0.25, -0.2) is 0 Å². The summed E-state index contributed by atoms with van der Waals surface area (Å²) in [5.41, 5.74) is 5.53. The van der Waals surface area contributed by atoms with Gasteiger partial charge in [0.15, 0.2) is 5.96 Å². The van der Waals surface area contributed by atoms with Crippen molar-refractivity contribution in [3.63, 3.8) is 0 Å². The smallest absolute Gasteiger partial charge is 0.233 e. The summed E-state index contributed by atoms with van der Waals surface area (Å²) in [5.74, 6) is 0.165. The topological polar surface area (TPSA) is 61.9 Å². The van der Waals surface area contributed by atoms with Crippen LogP contribution < -0.4 is 5.73 Å². The second-order valence-corrected chi connectivity index (χ2v) is 3.64. The van der Waals surface area contributed by atoms with Crippen LogP contribution in [0.4, 0.5) is 0 Å². The van der Waals surface area contributed by atoms with Crippen molar-refractivity contribution >= 4 is 11.9 Å². The number of carbonyl (C=O) groups excluding carboxylic acids is 1. The molecule has 0 rings (SSSR count). The minimum Gasteiger partial charge on any atom is -0.369 e. The number of aliphatic imine (C=N–C) groups is 1. The lowest BCUT2D eigenvalue weighted by Gasteiger charge is -2.22. The Morgan fingerprint density at radius 2 is 1.93 bits per heavy atom. The van der Waals surface area contributed by atoms with Crippen LogP contribution in [0.25, 0.3) is 0 Å². The van der Waals surface area contributed by atoms with Gasteiger partial charge in [-0.1, -0.05) is 6.92 Å². The zero-order chi connectivity index (χ0) is 11.3. The highest BCUT2D eigenvalue weighted by molar-refractivity contribution is 5.96. The van der Waals surface area contributed by atoms with Crippen LogP contribution in [0.2, 0.25) is 0 Å². The molecule has 0 aliphatic carbocycles. The first-order valence-electron chi connectivity index (χ1n) is 4.54. The summed E-state index contributed by atoms with van der Waals surface area (Å²) in [5, 5.41) is 0. The maximum Gasteiger partial charge on any atom is 0.233 e. The van der Waals surface area contributed by atoms with Crippen LogP contribution in [0, 0.1) is 5.92 Å². The van der Waals surface area contributed by atoms with Crippen LogP contribution in [0.15, 0.2) is 4.99 Å². The van der Waals surface area contributed by atoms with Crippen molar-refractivity contribution in [1.29, 1.82) is 0 Å². The molecule has 1 atom stereocenters. The average Bonchev–Trinajstić information content (AvgIpc) is 2.13. The number of amides is 1. The lowest BCUT2D eigenvalue weighted by molar-refractivity contribution is -0.130. The highest BCUT2D eigenvalue weighted by Gasteiger charge is 2.19. The van der Waals surface area contributed by atoms with Gasteiger partial charge in [-0.15, -0.1) is 0 Å². The molecule has 0 bridgehead atoms. The normalized spacial score (nSPS) is 14.3. The van der Waals surface area contributed by atoms with Crippen molar-refractivity contribution in [2.24, 2.45) is 16.6 Å². The lowest BCUT2D eigenvalue weighted by atomic mass is 10.1. The number of hydrogen-bond acceptors (Lipinski definition) is 3. The third kappa shape index (κ3) is 3.74. The van der Waals surface area contributed by atoms with Gasteiger partial charge < -0.3 is 10.6 Å². The fourth-order valence-electron chi connectivity index (χ4n) is 1.22. The lowest BCUT2D eigenvalue weighted by Crippen LogP contribution is -2.43. The Balaban J connectivity index is 4.32. The van der Waals surface area contributed by atoms with E-state index < -0.39 is 0 Å². The summed E-state index contributed by atoms with van der Waals surface area (Å²) in [7, 11) is 7.06. The van der Waals surface area contributed by atoms with E-state index in [2.05, 4.69) is 4.99 Å². The fraction of sp³-hybridized carbons (Fsp3) is 0.778. The molecule has 0 aromatic rings. The molecule has 0 saturated heterocycles. The molecule has 0 heterocycles.